The van der Waals surface area contributed by atoms with E-state index in [1.54, 1.807) is 7.11 Å². The predicted molar refractivity (Wildman–Crippen MR) is 108 cm³/mol. The van der Waals surface area contributed by atoms with Crippen molar-refractivity contribution in [2.45, 2.75) is 53.5 Å². The third-order valence-electron chi connectivity index (χ3n) is 3.84. The van der Waals surface area contributed by atoms with E-state index in [4.69, 9.17) is 26.6 Å². The average molecular weight is 412 g/mol. The van der Waals surface area contributed by atoms with Gasteiger partial charge in [-0.3, -0.25) is 0 Å². The van der Waals surface area contributed by atoms with Gasteiger partial charge in [0.15, 0.2) is 0 Å². The fourth-order valence-corrected chi connectivity index (χ4v) is 5.97. The van der Waals surface area contributed by atoms with Crippen LogP contribution in [0.15, 0.2) is 0 Å². The second kappa shape index (κ2) is 17.3. The van der Waals surface area contributed by atoms with Crippen LogP contribution in [0.3, 0.4) is 0 Å². The first kappa shape index (κ1) is 26.2. The second-order valence-corrected chi connectivity index (χ2v) is 10.5. The minimum Gasteiger partial charge on any atom is -0.377 e. The summed E-state index contributed by atoms with van der Waals surface area (Å²) in [5.41, 5.74) is 0. The zero-order valence-electron chi connectivity index (χ0n) is 17.7. The molecule has 0 saturated heterocycles. The van der Waals surface area contributed by atoms with Crippen molar-refractivity contribution in [1.29, 1.82) is 0 Å². The summed E-state index contributed by atoms with van der Waals surface area (Å²) in [6.45, 7) is 15.2. The van der Waals surface area contributed by atoms with Crippen molar-refractivity contribution in [3.05, 3.63) is 0 Å². The fourth-order valence-electron chi connectivity index (χ4n) is 2.51. The molecule has 1 atom stereocenters. The van der Waals surface area contributed by atoms with Crippen LogP contribution in [0.1, 0.15) is 47.5 Å². The zero-order chi connectivity index (χ0) is 19.7. The minimum atomic E-state index is -2.48. The van der Waals surface area contributed by atoms with Crippen LogP contribution in [0.25, 0.3) is 0 Å². The quantitative estimate of drug-likeness (QED) is 0.259. The van der Waals surface area contributed by atoms with Gasteiger partial charge in [0.05, 0.1) is 0 Å². The molecule has 0 spiro atoms. The highest BCUT2D eigenvalue weighted by Gasteiger charge is 2.38. The maximum absolute atomic E-state index is 5.79. The standard InChI is InChI=1S/C17H41NO6Si2/c1-7-20-25(21-8-2)22-14-12-17(5)16-18-13-11-15-26(19-6,23-9-3)24-10-4/h17-18,25H,7-16H2,1-6H3. The van der Waals surface area contributed by atoms with Gasteiger partial charge in [-0.15, -0.1) is 0 Å². The highest BCUT2D eigenvalue weighted by Crippen LogP contribution is 2.16. The van der Waals surface area contributed by atoms with E-state index in [9.17, 15) is 0 Å². The van der Waals surface area contributed by atoms with Crippen LogP contribution in [-0.2, 0) is 26.6 Å². The van der Waals surface area contributed by atoms with Gasteiger partial charge in [-0.25, -0.2) is 0 Å². The molecular weight excluding hydrogens is 370 g/mol. The third kappa shape index (κ3) is 12.5. The van der Waals surface area contributed by atoms with Crippen LogP contribution in [0, 0.1) is 5.92 Å². The Kier molecular flexibility index (Phi) is 17.4. The summed E-state index contributed by atoms with van der Waals surface area (Å²) >= 11 is 0. The molecule has 0 aromatic rings. The molecule has 0 fully saturated rings. The van der Waals surface area contributed by atoms with Crippen molar-refractivity contribution in [1.82, 2.24) is 5.32 Å². The molecule has 0 aromatic heterocycles. The highest BCUT2D eigenvalue weighted by molar-refractivity contribution is 6.60. The summed E-state index contributed by atoms with van der Waals surface area (Å²) in [6.07, 6.45) is 1.97. The van der Waals surface area contributed by atoms with E-state index in [1.807, 2.05) is 27.7 Å². The van der Waals surface area contributed by atoms with Crippen molar-refractivity contribution < 1.29 is 26.6 Å². The molecule has 9 heteroatoms. The zero-order valence-corrected chi connectivity index (χ0v) is 19.8. The maximum atomic E-state index is 5.79. The summed E-state index contributed by atoms with van der Waals surface area (Å²) in [6, 6.07) is 0.839. The predicted octanol–water partition coefficient (Wildman–Crippen LogP) is 2.46. The molecule has 7 nitrogen and oxygen atoms in total. The van der Waals surface area contributed by atoms with Crippen LogP contribution in [0.5, 0.6) is 0 Å². The Morgan fingerprint density at radius 2 is 1.54 bits per heavy atom. The van der Waals surface area contributed by atoms with Gasteiger partial charge >= 0.3 is 18.3 Å². The SMILES string of the molecule is CCO[SiH](OCC)OCCC(C)CNCCC[Si](OC)(OCC)OCC. The summed E-state index contributed by atoms with van der Waals surface area (Å²) in [5.74, 6) is 0.538. The Hall–Kier alpha value is 0.154. The Balaban J connectivity index is 3.88. The van der Waals surface area contributed by atoms with Gasteiger partial charge in [-0.2, -0.15) is 0 Å². The average Bonchev–Trinajstić information content (AvgIpc) is 2.62. The van der Waals surface area contributed by atoms with Crippen molar-refractivity contribution in [3.63, 3.8) is 0 Å². The molecule has 26 heavy (non-hydrogen) atoms. The van der Waals surface area contributed by atoms with Gasteiger partial charge in [0, 0.05) is 46.2 Å². The van der Waals surface area contributed by atoms with E-state index in [0.717, 1.165) is 32.0 Å². The number of rotatable bonds is 19. The lowest BCUT2D eigenvalue weighted by atomic mass is 10.1. The molecular formula is C17H41NO6Si2. The maximum Gasteiger partial charge on any atom is 0.500 e. The van der Waals surface area contributed by atoms with Gasteiger partial charge in [0.25, 0.3) is 0 Å². The molecule has 0 aliphatic heterocycles. The van der Waals surface area contributed by atoms with Gasteiger partial charge in [-0.05, 0) is 59.5 Å². The van der Waals surface area contributed by atoms with E-state index in [2.05, 4.69) is 12.2 Å². The first-order valence-electron chi connectivity index (χ1n) is 9.95. The van der Waals surface area contributed by atoms with Crippen LogP contribution in [0.2, 0.25) is 6.04 Å². The molecule has 0 aliphatic rings. The van der Waals surface area contributed by atoms with Gasteiger partial charge < -0.3 is 31.9 Å². The Labute approximate surface area is 163 Å². The number of hydrogen-bond donors (Lipinski definition) is 1. The van der Waals surface area contributed by atoms with Gasteiger partial charge in [0.1, 0.15) is 0 Å². The first-order valence-corrected chi connectivity index (χ1v) is 13.3. The Bertz CT molecular complexity index is 303. The number of nitrogens with one attached hydrogen (secondary N) is 1. The lowest BCUT2D eigenvalue weighted by molar-refractivity contribution is 0.0861. The molecule has 0 amide bonds. The largest absolute Gasteiger partial charge is 0.500 e. The van der Waals surface area contributed by atoms with Gasteiger partial charge in [0.2, 0.25) is 0 Å². The smallest absolute Gasteiger partial charge is 0.377 e. The summed E-state index contributed by atoms with van der Waals surface area (Å²) in [4.78, 5) is 0. The molecule has 0 aromatic carbocycles. The van der Waals surface area contributed by atoms with E-state index in [0.29, 0.717) is 39.0 Å². The monoisotopic (exact) mass is 411 g/mol. The normalized spacial score (nSPS) is 13.5. The number of hydrogen-bond acceptors (Lipinski definition) is 7. The Morgan fingerprint density at radius 3 is 2.04 bits per heavy atom. The van der Waals surface area contributed by atoms with E-state index >= 15 is 0 Å². The lowest BCUT2D eigenvalue weighted by Crippen LogP contribution is -2.45. The van der Waals surface area contributed by atoms with Crippen molar-refractivity contribution in [2.75, 3.05) is 53.2 Å². The topological polar surface area (TPSA) is 67.4 Å². The molecule has 0 saturated carbocycles. The summed E-state index contributed by atoms with van der Waals surface area (Å²) in [5, 5.41) is 3.50. The molecule has 1 N–H and O–H groups in total. The van der Waals surface area contributed by atoms with Crippen LogP contribution < -0.4 is 5.32 Å². The summed E-state index contributed by atoms with van der Waals surface area (Å²) in [7, 11) is -2.72. The fraction of sp³-hybridized carbons (Fsp3) is 1.00. The van der Waals surface area contributed by atoms with Crippen LogP contribution >= 0.6 is 0 Å². The molecule has 0 heterocycles. The lowest BCUT2D eigenvalue weighted by Gasteiger charge is -2.27. The molecule has 1 unspecified atom stereocenters. The summed E-state index contributed by atoms with van der Waals surface area (Å²) < 4.78 is 33.9. The van der Waals surface area contributed by atoms with Crippen LogP contribution in [0.4, 0.5) is 0 Å². The first-order chi connectivity index (χ1) is 12.6. The Morgan fingerprint density at radius 1 is 0.923 bits per heavy atom. The molecule has 0 bridgehead atoms. The van der Waals surface area contributed by atoms with Gasteiger partial charge in [-0.1, -0.05) is 6.92 Å². The van der Waals surface area contributed by atoms with Crippen molar-refractivity contribution >= 4 is 18.3 Å². The molecule has 0 radical (unpaired) electrons. The van der Waals surface area contributed by atoms with E-state index < -0.39 is 18.3 Å². The van der Waals surface area contributed by atoms with E-state index in [-0.39, 0.29) is 0 Å². The molecule has 0 rings (SSSR count). The van der Waals surface area contributed by atoms with Crippen LogP contribution in [-0.4, -0.2) is 71.6 Å². The van der Waals surface area contributed by atoms with Crippen molar-refractivity contribution in [2.24, 2.45) is 5.92 Å². The van der Waals surface area contributed by atoms with E-state index in [1.165, 1.54) is 0 Å². The molecule has 0 aliphatic carbocycles. The molecule has 158 valence electrons. The highest BCUT2D eigenvalue weighted by atomic mass is 28.4. The third-order valence-corrected chi connectivity index (χ3v) is 8.60. The second-order valence-electron chi connectivity index (χ2n) is 6.02. The van der Waals surface area contributed by atoms with Crippen molar-refractivity contribution in [3.8, 4) is 0 Å². The minimum absolute atomic E-state index is 0.538.